The van der Waals surface area contributed by atoms with Gasteiger partial charge in [0.1, 0.15) is 5.82 Å². The third-order valence-electron chi connectivity index (χ3n) is 3.36. The Morgan fingerprint density at radius 2 is 2.53 bits per heavy atom. The highest BCUT2D eigenvalue weighted by Crippen LogP contribution is 2.34. The van der Waals surface area contributed by atoms with Crippen LogP contribution in [0.3, 0.4) is 0 Å². The van der Waals surface area contributed by atoms with E-state index in [1.165, 1.54) is 0 Å². The highest BCUT2D eigenvalue weighted by atomic mass is 16.5. The number of nitrogens with zero attached hydrogens (tertiary/aromatic N) is 2. The van der Waals surface area contributed by atoms with Crippen LogP contribution in [0.4, 0.5) is 5.82 Å². The molecule has 2 atom stereocenters. The van der Waals surface area contributed by atoms with Crippen LogP contribution in [0.1, 0.15) is 39.2 Å². The summed E-state index contributed by atoms with van der Waals surface area (Å²) in [7, 11) is 0. The molecule has 4 heteroatoms. The van der Waals surface area contributed by atoms with Crippen LogP contribution in [-0.4, -0.2) is 22.0 Å². The lowest BCUT2D eigenvalue weighted by Crippen LogP contribution is -2.37. The molecule has 0 saturated carbocycles. The molecule has 0 bridgehead atoms. The Bertz CT molecular complexity index is 336. The topological polar surface area (TPSA) is 53.1 Å². The van der Waals surface area contributed by atoms with E-state index in [1.54, 1.807) is 6.20 Å². The summed E-state index contributed by atoms with van der Waals surface area (Å²) < 4.78 is 7.73. The molecule has 1 aromatic heterocycles. The zero-order chi connectivity index (χ0) is 10.9. The maximum absolute atomic E-state index is 5.86. The van der Waals surface area contributed by atoms with E-state index in [2.05, 4.69) is 18.9 Å². The van der Waals surface area contributed by atoms with E-state index in [0.717, 1.165) is 31.7 Å². The summed E-state index contributed by atoms with van der Waals surface area (Å²) in [5, 5.41) is 4.28. The molecule has 84 valence electrons. The smallest absolute Gasteiger partial charge is 0.121 e. The largest absolute Gasteiger partial charge is 0.384 e. The minimum Gasteiger partial charge on any atom is -0.384 e. The molecule has 4 nitrogen and oxygen atoms in total. The average Bonchev–Trinajstić information content (AvgIpc) is 2.65. The summed E-state index contributed by atoms with van der Waals surface area (Å²) in [4.78, 5) is 0. The fraction of sp³-hybridized carbons (Fsp3) is 0.727. The second-order valence-electron chi connectivity index (χ2n) is 4.50. The first-order valence-corrected chi connectivity index (χ1v) is 5.57. The monoisotopic (exact) mass is 209 g/mol. The van der Waals surface area contributed by atoms with Crippen molar-refractivity contribution < 1.29 is 4.74 Å². The van der Waals surface area contributed by atoms with Crippen molar-refractivity contribution in [2.75, 3.05) is 12.3 Å². The highest BCUT2D eigenvalue weighted by Gasteiger charge is 2.33. The van der Waals surface area contributed by atoms with E-state index in [4.69, 9.17) is 10.5 Å². The van der Waals surface area contributed by atoms with Crippen molar-refractivity contribution in [3.05, 3.63) is 12.3 Å². The van der Waals surface area contributed by atoms with Crippen LogP contribution in [0.2, 0.25) is 0 Å². The van der Waals surface area contributed by atoms with Gasteiger partial charge in [-0.2, -0.15) is 5.10 Å². The molecule has 1 aliphatic rings. The number of ether oxygens (including phenoxy) is 1. The van der Waals surface area contributed by atoms with Crippen LogP contribution in [0.5, 0.6) is 0 Å². The lowest BCUT2D eigenvalue weighted by molar-refractivity contribution is -0.0851. The zero-order valence-corrected chi connectivity index (χ0v) is 9.44. The van der Waals surface area contributed by atoms with E-state index < -0.39 is 0 Å². The van der Waals surface area contributed by atoms with Gasteiger partial charge in [0.05, 0.1) is 17.8 Å². The number of hydrogen-bond acceptors (Lipinski definition) is 3. The number of aromatic nitrogens is 2. The van der Waals surface area contributed by atoms with Crippen LogP contribution in [0.25, 0.3) is 0 Å². The van der Waals surface area contributed by atoms with E-state index in [0.29, 0.717) is 6.04 Å². The van der Waals surface area contributed by atoms with Gasteiger partial charge in [0.25, 0.3) is 0 Å². The first-order chi connectivity index (χ1) is 7.14. The molecule has 1 saturated heterocycles. The quantitative estimate of drug-likeness (QED) is 0.810. The predicted octanol–water partition coefficient (Wildman–Crippen LogP) is 1.99. The van der Waals surface area contributed by atoms with Crippen molar-refractivity contribution in [3.8, 4) is 0 Å². The Morgan fingerprint density at radius 3 is 3.13 bits per heavy atom. The van der Waals surface area contributed by atoms with Gasteiger partial charge in [0, 0.05) is 6.61 Å². The van der Waals surface area contributed by atoms with Crippen LogP contribution < -0.4 is 5.73 Å². The molecular weight excluding hydrogens is 190 g/mol. The molecule has 0 aromatic carbocycles. The summed E-state index contributed by atoms with van der Waals surface area (Å²) in [5.41, 5.74) is 5.85. The Hall–Kier alpha value is -1.03. The van der Waals surface area contributed by atoms with Crippen molar-refractivity contribution in [3.63, 3.8) is 0 Å². The van der Waals surface area contributed by atoms with E-state index >= 15 is 0 Å². The zero-order valence-electron chi connectivity index (χ0n) is 9.44. The summed E-state index contributed by atoms with van der Waals surface area (Å²) >= 11 is 0. The Balaban J connectivity index is 2.15. The van der Waals surface area contributed by atoms with Crippen molar-refractivity contribution in [2.24, 2.45) is 0 Å². The summed E-state index contributed by atoms with van der Waals surface area (Å²) in [5.74, 6) is 0.750. The van der Waals surface area contributed by atoms with Gasteiger partial charge < -0.3 is 10.5 Å². The molecule has 2 heterocycles. The van der Waals surface area contributed by atoms with Gasteiger partial charge in [-0.3, -0.25) is 0 Å². The summed E-state index contributed by atoms with van der Waals surface area (Å²) in [6.45, 7) is 5.13. The first-order valence-electron chi connectivity index (χ1n) is 5.57. The maximum atomic E-state index is 5.86. The number of nitrogen functional groups attached to an aromatic ring is 1. The standard InChI is InChI=1S/C11H19N3O/c1-3-11(2)8-9(5-7-15-11)14-10(12)4-6-13-14/h4,6,9H,3,5,7-8,12H2,1-2H3. The maximum Gasteiger partial charge on any atom is 0.121 e. The Kier molecular flexibility index (Phi) is 2.69. The van der Waals surface area contributed by atoms with Gasteiger partial charge in [-0.1, -0.05) is 6.92 Å². The molecule has 0 radical (unpaired) electrons. The third kappa shape index (κ3) is 2.00. The van der Waals surface area contributed by atoms with Crippen LogP contribution >= 0.6 is 0 Å². The minimum atomic E-state index is -0.0126. The van der Waals surface area contributed by atoms with E-state index in [-0.39, 0.29) is 5.60 Å². The number of anilines is 1. The predicted molar refractivity (Wildman–Crippen MR) is 59.6 cm³/mol. The van der Waals surface area contributed by atoms with Crippen LogP contribution in [0.15, 0.2) is 12.3 Å². The fourth-order valence-electron chi connectivity index (χ4n) is 2.19. The molecule has 0 spiro atoms. The molecule has 2 rings (SSSR count). The Labute approximate surface area is 90.4 Å². The lowest BCUT2D eigenvalue weighted by atomic mass is 9.90. The molecule has 0 amide bonds. The summed E-state index contributed by atoms with van der Waals surface area (Å²) in [6.07, 6.45) is 4.79. The number of hydrogen-bond donors (Lipinski definition) is 1. The van der Waals surface area contributed by atoms with Gasteiger partial charge in [-0.05, 0) is 32.3 Å². The van der Waals surface area contributed by atoms with Crippen molar-refractivity contribution in [2.45, 2.75) is 44.8 Å². The molecule has 1 aromatic rings. The second kappa shape index (κ2) is 3.85. The van der Waals surface area contributed by atoms with Crippen LogP contribution in [0, 0.1) is 0 Å². The molecule has 2 unspecified atom stereocenters. The minimum absolute atomic E-state index is 0.0126. The lowest BCUT2D eigenvalue weighted by Gasteiger charge is -2.38. The van der Waals surface area contributed by atoms with Crippen molar-refractivity contribution in [1.82, 2.24) is 9.78 Å². The van der Waals surface area contributed by atoms with E-state index in [1.807, 2.05) is 10.7 Å². The normalized spacial score (nSPS) is 31.7. The highest BCUT2D eigenvalue weighted by molar-refractivity contribution is 5.26. The molecule has 0 aliphatic carbocycles. The SMILES string of the molecule is CCC1(C)CC(n2nccc2N)CCO1. The summed E-state index contributed by atoms with van der Waals surface area (Å²) in [6, 6.07) is 2.23. The van der Waals surface area contributed by atoms with Gasteiger partial charge in [-0.25, -0.2) is 4.68 Å². The molecule has 2 N–H and O–H groups in total. The molecular formula is C11H19N3O. The van der Waals surface area contributed by atoms with Gasteiger partial charge in [-0.15, -0.1) is 0 Å². The van der Waals surface area contributed by atoms with Gasteiger partial charge >= 0.3 is 0 Å². The molecule has 15 heavy (non-hydrogen) atoms. The number of rotatable bonds is 2. The number of nitrogens with two attached hydrogens (primary N) is 1. The van der Waals surface area contributed by atoms with Gasteiger partial charge in [0.15, 0.2) is 0 Å². The molecule has 1 aliphatic heterocycles. The van der Waals surface area contributed by atoms with Crippen molar-refractivity contribution >= 4 is 5.82 Å². The average molecular weight is 209 g/mol. The Morgan fingerprint density at radius 1 is 1.73 bits per heavy atom. The van der Waals surface area contributed by atoms with Gasteiger partial charge in [0.2, 0.25) is 0 Å². The van der Waals surface area contributed by atoms with E-state index in [9.17, 15) is 0 Å². The second-order valence-corrected chi connectivity index (χ2v) is 4.50. The van der Waals surface area contributed by atoms with Crippen LogP contribution in [-0.2, 0) is 4.74 Å². The van der Waals surface area contributed by atoms with Crippen molar-refractivity contribution in [1.29, 1.82) is 0 Å². The fourth-order valence-corrected chi connectivity index (χ4v) is 2.19. The first kappa shape index (κ1) is 10.5. The third-order valence-corrected chi connectivity index (χ3v) is 3.36. The molecule has 1 fully saturated rings.